The Balaban J connectivity index is 2.98. The molecule has 1 aromatic carbocycles. The van der Waals surface area contributed by atoms with Crippen molar-refractivity contribution in [2.45, 2.75) is 46.6 Å². The molecule has 1 unspecified atom stereocenters. The van der Waals surface area contributed by atoms with E-state index in [-0.39, 0.29) is 23.7 Å². The van der Waals surface area contributed by atoms with Gasteiger partial charge in [-0.25, -0.2) is 4.39 Å². The van der Waals surface area contributed by atoms with Crippen LogP contribution in [-0.2, 0) is 4.79 Å². The van der Waals surface area contributed by atoms with E-state index in [1.165, 1.54) is 12.1 Å². The maximum Gasteiger partial charge on any atom is 0.227 e. The molecule has 0 bridgehead atoms. The Bertz CT molecular complexity index is 444. The van der Waals surface area contributed by atoms with Crippen molar-refractivity contribution in [3.8, 4) is 0 Å². The molecule has 3 nitrogen and oxygen atoms in total. The van der Waals surface area contributed by atoms with Gasteiger partial charge in [0.1, 0.15) is 5.82 Å². The molecule has 1 aromatic rings. The van der Waals surface area contributed by atoms with Crippen LogP contribution in [-0.4, -0.2) is 12.5 Å². The van der Waals surface area contributed by atoms with Gasteiger partial charge in [0.15, 0.2) is 0 Å². The summed E-state index contributed by atoms with van der Waals surface area (Å²) in [5.74, 6) is -0.0763. The van der Waals surface area contributed by atoms with E-state index in [4.69, 9.17) is 5.73 Å². The lowest BCUT2D eigenvalue weighted by Gasteiger charge is -2.32. The SMILES string of the molecule is CCC(CC)(CN)C(=O)NC(c1ccc(F)cc1)C(C)C. The predicted molar refractivity (Wildman–Crippen MR) is 84.2 cm³/mol. The van der Waals surface area contributed by atoms with E-state index >= 15 is 0 Å². The second-order valence-electron chi connectivity index (χ2n) is 5.94. The highest BCUT2D eigenvalue weighted by atomic mass is 19.1. The second kappa shape index (κ2) is 7.55. The summed E-state index contributed by atoms with van der Waals surface area (Å²) in [7, 11) is 0. The molecule has 0 aliphatic rings. The summed E-state index contributed by atoms with van der Waals surface area (Å²) in [4.78, 5) is 12.6. The first-order chi connectivity index (χ1) is 9.90. The van der Waals surface area contributed by atoms with Crippen LogP contribution in [0.1, 0.15) is 52.1 Å². The minimum Gasteiger partial charge on any atom is -0.349 e. The van der Waals surface area contributed by atoms with Crippen molar-refractivity contribution in [2.75, 3.05) is 6.54 Å². The second-order valence-corrected chi connectivity index (χ2v) is 5.94. The molecule has 0 spiro atoms. The maximum atomic E-state index is 13.1. The zero-order chi connectivity index (χ0) is 16.0. The number of carbonyl (C=O) groups excluding carboxylic acids is 1. The minimum atomic E-state index is -0.521. The van der Waals surface area contributed by atoms with Gasteiger partial charge in [0.25, 0.3) is 0 Å². The van der Waals surface area contributed by atoms with Crippen LogP contribution in [0.15, 0.2) is 24.3 Å². The smallest absolute Gasteiger partial charge is 0.227 e. The Morgan fingerprint density at radius 1 is 1.24 bits per heavy atom. The molecule has 4 heteroatoms. The molecule has 0 fully saturated rings. The third kappa shape index (κ3) is 4.03. The van der Waals surface area contributed by atoms with Gasteiger partial charge in [-0.2, -0.15) is 0 Å². The molecule has 0 aliphatic heterocycles. The van der Waals surface area contributed by atoms with E-state index < -0.39 is 5.41 Å². The van der Waals surface area contributed by atoms with Gasteiger partial charge in [0, 0.05) is 6.54 Å². The molecule has 3 N–H and O–H groups in total. The van der Waals surface area contributed by atoms with Gasteiger partial charge < -0.3 is 11.1 Å². The third-order valence-electron chi connectivity index (χ3n) is 4.41. The van der Waals surface area contributed by atoms with Gasteiger partial charge in [-0.05, 0) is 36.5 Å². The fourth-order valence-electron chi connectivity index (χ4n) is 2.55. The van der Waals surface area contributed by atoms with Gasteiger partial charge in [-0.15, -0.1) is 0 Å². The third-order valence-corrected chi connectivity index (χ3v) is 4.41. The van der Waals surface area contributed by atoms with Crippen molar-refractivity contribution < 1.29 is 9.18 Å². The van der Waals surface area contributed by atoms with E-state index in [1.54, 1.807) is 12.1 Å². The summed E-state index contributed by atoms with van der Waals surface area (Å²) < 4.78 is 13.1. The Hall–Kier alpha value is -1.42. The summed E-state index contributed by atoms with van der Waals surface area (Å²) in [6.45, 7) is 8.38. The number of amides is 1. The lowest BCUT2D eigenvalue weighted by Crippen LogP contribution is -2.47. The van der Waals surface area contributed by atoms with Crippen molar-refractivity contribution in [2.24, 2.45) is 17.1 Å². The van der Waals surface area contributed by atoms with E-state index in [0.717, 1.165) is 5.56 Å². The van der Waals surface area contributed by atoms with Crippen LogP contribution in [0, 0.1) is 17.2 Å². The predicted octanol–water partition coefficient (Wildman–Crippen LogP) is 3.40. The van der Waals surface area contributed by atoms with Crippen molar-refractivity contribution in [1.29, 1.82) is 0 Å². The zero-order valence-electron chi connectivity index (χ0n) is 13.4. The minimum absolute atomic E-state index is 0.0157. The molecule has 0 saturated heterocycles. The van der Waals surface area contributed by atoms with Crippen molar-refractivity contribution in [1.82, 2.24) is 5.32 Å². The number of rotatable bonds is 7. The molecule has 1 atom stereocenters. The number of nitrogens with two attached hydrogens (primary N) is 1. The number of hydrogen-bond donors (Lipinski definition) is 2. The van der Waals surface area contributed by atoms with E-state index in [9.17, 15) is 9.18 Å². The lowest BCUT2D eigenvalue weighted by atomic mass is 9.80. The molecular formula is C17H27FN2O. The molecule has 0 saturated carbocycles. The highest BCUT2D eigenvalue weighted by molar-refractivity contribution is 5.83. The standard InChI is InChI=1S/C17H27FN2O/c1-5-17(6-2,11-19)16(21)20-15(12(3)4)13-7-9-14(18)10-8-13/h7-10,12,15H,5-6,11,19H2,1-4H3,(H,20,21). The number of halogens is 1. The van der Waals surface area contributed by atoms with Crippen molar-refractivity contribution in [3.63, 3.8) is 0 Å². The Labute approximate surface area is 127 Å². The van der Waals surface area contributed by atoms with Gasteiger partial charge >= 0.3 is 0 Å². The van der Waals surface area contributed by atoms with Gasteiger partial charge in [-0.3, -0.25) is 4.79 Å². The number of hydrogen-bond acceptors (Lipinski definition) is 2. The summed E-state index contributed by atoms with van der Waals surface area (Å²) in [5, 5.41) is 3.10. The van der Waals surface area contributed by atoms with E-state index in [2.05, 4.69) is 5.32 Å². The lowest BCUT2D eigenvalue weighted by molar-refractivity contribution is -0.132. The molecular weight excluding hydrogens is 267 g/mol. The Morgan fingerprint density at radius 2 is 1.76 bits per heavy atom. The highest BCUT2D eigenvalue weighted by Crippen LogP contribution is 2.29. The molecule has 0 aliphatic carbocycles. The average Bonchev–Trinajstić information content (AvgIpc) is 2.48. The zero-order valence-corrected chi connectivity index (χ0v) is 13.4. The first-order valence-electron chi connectivity index (χ1n) is 7.66. The van der Waals surface area contributed by atoms with Gasteiger partial charge in [0.2, 0.25) is 5.91 Å². The average molecular weight is 294 g/mol. The molecule has 21 heavy (non-hydrogen) atoms. The maximum absolute atomic E-state index is 13.1. The fourth-order valence-corrected chi connectivity index (χ4v) is 2.55. The Kier molecular flexibility index (Phi) is 6.34. The molecule has 1 rings (SSSR count). The fraction of sp³-hybridized carbons (Fsp3) is 0.588. The van der Waals surface area contributed by atoms with Crippen molar-refractivity contribution >= 4 is 5.91 Å². The highest BCUT2D eigenvalue weighted by Gasteiger charge is 2.35. The number of carbonyl (C=O) groups is 1. The number of benzene rings is 1. The van der Waals surface area contributed by atoms with Gasteiger partial charge in [0.05, 0.1) is 11.5 Å². The first kappa shape index (κ1) is 17.6. The van der Waals surface area contributed by atoms with Crippen molar-refractivity contribution in [3.05, 3.63) is 35.6 Å². The summed E-state index contributed by atoms with van der Waals surface area (Å²) in [6, 6.07) is 6.16. The van der Waals surface area contributed by atoms with E-state index in [1.807, 2.05) is 27.7 Å². The van der Waals surface area contributed by atoms with Gasteiger partial charge in [-0.1, -0.05) is 39.8 Å². The van der Waals surface area contributed by atoms with Crippen LogP contribution in [0.5, 0.6) is 0 Å². The van der Waals surface area contributed by atoms with Crippen LogP contribution < -0.4 is 11.1 Å². The summed E-state index contributed by atoms with van der Waals surface area (Å²) in [6.07, 6.45) is 1.42. The molecule has 118 valence electrons. The van der Waals surface area contributed by atoms with Crippen LogP contribution in [0.25, 0.3) is 0 Å². The van der Waals surface area contributed by atoms with Crippen LogP contribution in [0.2, 0.25) is 0 Å². The summed E-state index contributed by atoms with van der Waals surface area (Å²) >= 11 is 0. The topological polar surface area (TPSA) is 55.1 Å². The molecule has 0 radical (unpaired) electrons. The van der Waals surface area contributed by atoms with E-state index in [0.29, 0.717) is 19.4 Å². The first-order valence-corrected chi connectivity index (χ1v) is 7.66. The summed E-state index contributed by atoms with van der Waals surface area (Å²) in [5.41, 5.74) is 6.22. The molecule has 0 aromatic heterocycles. The normalized spacial score (nSPS) is 13.3. The van der Waals surface area contributed by atoms with Crippen LogP contribution in [0.3, 0.4) is 0 Å². The molecule has 0 heterocycles. The van der Waals surface area contributed by atoms with Crippen LogP contribution in [0.4, 0.5) is 4.39 Å². The molecule has 1 amide bonds. The van der Waals surface area contributed by atoms with Crippen LogP contribution >= 0.6 is 0 Å². The Morgan fingerprint density at radius 3 is 2.14 bits per heavy atom. The monoisotopic (exact) mass is 294 g/mol. The quantitative estimate of drug-likeness (QED) is 0.809. The largest absolute Gasteiger partial charge is 0.349 e. The number of nitrogens with one attached hydrogen (secondary N) is 1.